The van der Waals surface area contributed by atoms with Crippen molar-refractivity contribution >= 4 is 40.6 Å². The van der Waals surface area contributed by atoms with Crippen molar-refractivity contribution in [2.45, 2.75) is 50.9 Å². The summed E-state index contributed by atoms with van der Waals surface area (Å²) in [5.74, 6) is 2.87. The van der Waals surface area contributed by atoms with Gasteiger partial charge in [0, 0.05) is 63.0 Å². The van der Waals surface area contributed by atoms with Gasteiger partial charge in [0.15, 0.2) is 5.11 Å². The summed E-state index contributed by atoms with van der Waals surface area (Å²) in [6.45, 7) is 8.69. The highest BCUT2D eigenvalue weighted by Gasteiger charge is 2.35. The van der Waals surface area contributed by atoms with E-state index in [1.165, 1.54) is 36.9 Å². The van der Waals surface area contributed by atoms with Gasteiger partial charge in [-0.15, -0.1) is 0 Å². The number of anilines is 4. The molecule has 1 atom stereocenters. The molecule has 222 valence electrons. The van der Waals surface area contributed by atoms with Crippen molar-refractivity contribution in [1.29, 1.82) is 0 Å². The molecule has 0 bridgehead atoms. The first kappa shape index (κ1) is 28.6. The van der Waals surface area contributed by atoms with Crippen LogP contribution < -0.4 is 25.3 Å². The highest BCUT2D eigenvalue weighted by atomic mass is 32.1. The van der Waals surface area contributed by atoms with Gasteiger partial charge >= 0.3 is 0 Å². The molecule has 1 aromatic heterocycles. The number of para-hydroxylation sites is 1. The Morgan fingerprint density at radius 1 is 0.881 bits per heavy atom. The fourth-order valence-electron chi connectivity index (χ4n) is 6.85. The molecular formula is C33H42FN7S. The first-order chi connectivity index (χ1) is 20.5. The number of nitrogens with zero attached hydrogens (tertiary/aromatic N) is 5. The predicted molar refractivity (Wildman–Crippen MR) is 174 cm³/mol. The van der Waals surface area contributed by atoms with Gasteiger partial charge in [-0.3, -0.25) is 0 Å². The zero-order valence-electron chi connectivity index (χ0n) is 24.6. The SMILES string of the molecule is C[C@@H]1CCCN(c2cc(N3CCN(c4ccccc4)CC3)nc(NC(=S)NCC3(c4ccc(F)cc4)CCCC3)n2)C1. The Labute approximate surface area is 254 Å². The molecule has 0 spiro atoms. The van der Waals surface area contributed by atoms with Crippen LogP contribution in [-0.4, -0.2) is 60.9 Å². The Balaban J connectivity index is 1.17. The molecule has 1 saturated carbocycles. The second-order valence-corrected chi connectivity index (χ2v) is 12.6. The molecule has 3 heterocycles. The number of piperidine rings is 1. The lowest BCUT2D eigenvalue weighted by Crippen LogP contribution is -2.47. The molecule has 2 aromatic carbocycles. The quantitative estimate of drug-likeness (QED) is 0.328. The van der Waals surface area contributed by atoms with Crippen LogP contribution in [0.25, 0.3) is 0 Å². The number of piperazine rings is 1. The van der Waals surface area contributed by atoms with E-state index >= 15 is 0 Å². The molecule has 42 heavy (non-hydrogen) atoms. The Hall–Kier alpha value is -3.46. The number of rotatable bonds is 7. The van der Waals surface area contributed by atoms with E-state index in [1.54, 1.807) is 12.1 Å². The molecule has 1 aliphatic carbocycles. The number of nitrogens with one attached hydrogen (secondary N) is 2. The first-order valence-corrected chi connectivity index (χ1v) is 15.9. The molecule has 9 heteroatoms. The van der Waals surface area contributed by atoms with Gasteiger partial charge in [0.25, 0.3) is 0 Å². The summed E-state index contributed by atoms with van der Waals surface area (Å²) in [7, 11) is 0. The molecule has 3 aromatic rings. The number of benzene rings is 2. The normalized spacial score (nSPS) is 20.4. The van der Waals surface area contributed by atoms with Crippen LogP contribution in [0, 0.1) is 11.7 Å². The van der Waals surface area contributed by atoms with Crippen LogP contribution >= 0.6 is 12.2 Å². The highest BCUT2D eigenvalue weighted by molar-refractivity contribution is 7.80. The number of thiocarbonyl (C=S) groups is 1. The van der Waals surface area contributed by atoms with Crippen molar-refractivity contribution < 1.29 is 4.39 Å². The standard InChI is InChI=1S/C33H42FN7S/c1-25-8-7-17-41(23-25)30-22-29(40-20-18-39(19-21-40)28-9-3-2-4-10-28)36-31(37-30)38-32(42)35-24-33(15-5-6-16-33)26-11-13-27(34)14-12-26/h2-4,9-14,22,25H,5-8,15-21,23-24H2,1H3,(H2,35,36,37,38,42)/t25-/m1/s1. The minimum Gasteiger partial charge on any atom is -0.368 e. The summed E-state index contributed by atoms with van der Waals surface area (Å²) in [4.78, 5) is 17.1. The van der Waals surface area contributed by atoms with Crippen molar-refractivity contribution in [3.8, 4) is 0 Å². The Morgan fingerprint density at radius 3 is 2.24 bits per heavy atom. The maximum absolute atomic E-state index is 13.6. The molecule has 6 rings (SSSR count). The Bertz CT molecular complexity index is 1340. The third kappa shape index (κ3) is 6.61. The van der Waals surface area contributed by atoms with E-state index in [-0.39, 0.29) is 11.2 Å². The minimum atomic E-state index is -0.200. The van der Waals surface area contributed by atoms with Crippen molar-refractivity contribution in [2.24, 2.45) is 5.92 Å². The fourth-order valence-corrected chi connectivity index (χ4v) is 7.01. The van der Waals surface area contributed by atoms with E-state index in [4.69, 9.17) is 22.2 Å². The zero-order chi connectivity index (χ0) is 28.9. The maximum Gasteiger partial charge on any atom is 0.232 e. The summed E-state index contributed by atoms with van der Waals surface area (Å²) < 4.78 is 13.6. The number of aromatic nitrogens is 2. The van der Waals surface area contributed by atoms with E-state index in [2.05, 4.69) is 68.7 Å². The third-order valence-electron chi connectivity index (χ3n) is 9.24. The molecule has 0 unspecified atom stereocenters. The lowest BCUT2D eigenvalue weighted by Gasteiger charge is -2.37. The van der Waals surface area contributed by atoms with E-state index < -0.39 is 0 Å². The maximum atomic E-state index is 13.6. The van der Waals surface area contributed by atoms with Gasteiger partial charge in [-0.05, 0) is 73.6 Å². The lowest BCUT2D eigenvalue weighted by molar-refractivity contribution is 0.434. The summed E-state index contributed by atoms with van der Waals surface area (Å²) in [6.07, 6.45) is 6.88. The van der Waals surface area contributed by atoms with Gasteiger partial charge in [-0.25, -0.2) is 4.39 Å². The molecule has 2 N–H and O–H groups in total. The van der Waals surface area contributed by atoms with E-state index in [0.29, 0.717) is 23.5 Å². The van der Waals surface area contributed by atoms with Crippen molar-refractivity contribution in [3.63, 3.8) is 0 Å². The van der Waals surface area contributed by atoms with Gasteiger partial charge in [0.05, 0.1) is 0 Å². The Morgan fingerprint density at radius 2 is 1.55 bits per heavy atom. The van der Waals surface area contributed by atoms with Crippen LogP contribution in [0.5, 0.6) is 0 Å². The second-order valence-electron chi connectivity index (χ2n) is 12.2. The Kier molecular flexibility index (Phi) is 8.74. The van der Waals surface area contributed by atoms with E-state index in [0.717, 1.165) is 63.7 Å². The lowest BCUT2D eigenvalue weighted by atomic mass is 9.79. The van der Waals surface area contributed by atoms with E-state index in [9.17, 15) is 4.39 Å². The minimum absolute atomic E-state index is 0.0460. The van der Waals surface area contributed by atoms with Crippen LogP contribution in [-0.2, 0) is 5.41 Å². The largest absolute Gasteiger partial charge is 0.368 e. The summed E-state index contributed by atoms with van der Waals surface area (Å²) in [5.41, 5.74) is 2.39. The van der Waals surface area contributed by atoms with Gasteiger partial charge < -0.3 is 25.3 Å². The molecule has 0 amide bonds. The van der Waals surface area contributed by atoms with Crippen molar-refractivity contribution in [1.82, 2.24) is 15.3 Å². The van der Waals surface area contributed by atoms with E-state index in [1.807, 2.05) is 12.1 Å². The number of halogens is 1. The second kappa shape index (κ2) is 12.8. The van der Waals surface area contributed by atoms with Crippen LogP contribution in [0.1, 0.15) is 51.0 Å². The average molecular weight is 588 g/mol. The van der Waals surface area contributed by atoms with Crippen LogP contribution in [0.3, 0.4) is 0 Å². The molecule has 2 aliphatic heterocycles. The summed E-state index contributed by atoms with van der Waals surface area (Å²) in [5, 5.41) is 7.31. The number of hydrogen-bond donors (Lipinski definition) is 2. The van der Waals surface area contributed by atoms with Crippen LogP contribution in [0.4, 0.5) is 27.7 Å². The van der Waals surface area contributed by atoms with Crippen molar-refractivity contribution in [3.05, 3.63) is 72.0 Å². The van der Waals surface area contributed by atoms with Gasteiger partial charge in [0.1, 0.15) is 17.5 Å². The molecule has 0 radical (unpaired) electrons. The summed E-state index contributed by atoms with van der Waals surface area (Å²) in [6, 6.07) is 19.7. The zero-order valence-corrected chi connectivity index (χ0v) is 25.4. The van der Waals surface area contributed by atoms with Crippen LogP contribution in [0.15, 0.2) is 60.7 Å². The van der Waals surface area contributed by atoms with Gasteiger partial charge in [-0.1, -0.05) is 50.1 Å². The predicted octanol–water partition coefficient (Wildman–Crippen LogP) is 5.98. The topological polar surface area (TPSA) is 59.6 Å². The third-order valence-corrected chi connectivity index (χ3v) is 9.48. The van der Waals surface area contributed by atoms with Gasteiger partial charge in [0.2, 0.25) is 5.95 Å². The van der Waals surface area contributed by atoms with Gasteiger partial charge in [-0.2, -0.15) is 9.97 Å². The highest BCUT2D eigenvalue weighted by Crippen LogP contribution is 2.40. The van der Waals surface area contributed by atoms with Crippen molar-refractivity contribution in [2.75, 3.05) is 65.8 Å². The molecular weight excluding hydrogens is 545 g/mol. The molecule has 3 aliphatic rings. The molecule has 2 saturated heterocycles. The smallest absolute Gasteiger partial charge is 0.232 e. The molecule has 3 fully saturated rings. The van der Waals surface area contributed by atoms with Crippen LogP contribution in [0.2, 0.25) is 0 Å². The fraction of sp³-hybridized carbons (Fsp3) is 0.485. The average Bonchev–Trinajstić information content (AvgIpc) is 3.51. The monoisotopic (exact) mass is 587 g/mol. The number of hydrogen-bond acceptors (Lipinski definition) is 6. The summed E-state index contributed by atoms with van der Waals surface area (Å²) >= 11 is 5.78. The molecule has 7 nitrogen and oxygen atoms in total. The first-order valence-electron chi connectivity index (χ1n) is 15.5.